The Morgan fingerprint density at radius 2 is 2.11 bits per heavy atom. The molecule has 1 N–H and O–H groups in total. The zero-order chi connectivity index (χ0) is 20.3. The van der Waals surface area contributed by atoms with E-state index in [0.29, 0.717) is 24.2 Å². The summed E-state index contributed by atoms with van der Waals surface area (Å²) in [5, 5.41) is 3.35. The molecule has 0 fully saturated rings. The predicted molar refractivity (Wildman–Crippen MR) is 108 cm³/mol. The van der Waals surface area contributed by atoms with E-state index in [-0.39, 0.29) is 17.2 Å². The van der Waals surface area contributed by atoms with Crippen molar-refractivity contribution in [1.29, 1.82) is 0 Å². The second-order valence-corrected chi connectivity index (χ2v) is 8.56. The van der Waals surface area contributed by atoms with Gasteiger partial charge in [-0.2, -0.15) is 0 Å². The van der Waals surface area contributed by atoms with Gasteiger partial charge in [0.25, 0.3) is 0 Å². The number of allylic oxidation sites excluding steroid dienone is 3. The number of ether oxygens (including phenoxy) is 1. The third-order valence-corrected chi connectivity index (χ3v) is 5.46. The van der Waals surface area contributed by atoms with Gasteiger partial charge in [-0.1, -0.05) is 39.7 Å². The van der Waals surface area contributed by atoms with Crippen LogP contribution in [-0.2, 0) is 14.3 Å². The van der Waals surface area contributed by atoms with E-state index >= 15 is 0 Å². The van der Waals surface area contributed by atoms with Gasteiger partial charge in [0.05, 0.1) is 12.2 Å². The SMILES string of the molecule is CCCCCOC(=O)C1=C(C)NC2=C(C(=O)CC(C)(C)C2)C1c1cccnc1. The van der Waals surface area contributed by atoms with Gasteiger partial charge in [0.15, 0.2) is 5.78 Å². The number of Topliss-reactive ketones (excluding diaryl/α,β-unsaturated/α-hetero) is 1. The van der Waals surface area contributed by atoms with Crippen LogP contribution in [0.4, 0.5) is 0 Å². The van der Waals surface area contributed by atoms with E-state index < -0.39 is 5.92 Å². The summed E-state index contributed by atoms with van der Waals surface area (Å²) in [6, 6.07) is 3.77. The third kappa shape index (κ3) is 4.18. The number of aromatic nitrogens is 1. The summed E-state index contributed by atoms with van der Waals surface area (Å²) in [7, 11) is 0. The molecule has 0 spiro atoms. The van der Waals surface area contributed by atoms with E-state index in [0.717, 1.165) is 42.6 Å². The standard InChI is InChI=1S/C23H30N2O3/c1-5-6-7-11-28-22(27)19-15(2)25-17-12-23(3,4)13-18(26)21(17)20(19)16-9-8-10-24-14-16/h8-10,14,20,25H,5-7,11-13H2,1-4H3. The first-order valence-corrected chi connectivity index (χ1v) is 10.1. The number of carbonyl (C=O) groups is 2. The van der Waals surface area contributed by atoms with Gasteiger partial charge in [-0.3, -0.25) is 9.78 Å². The quantitative estimate of drug-likeness (QED) is 0.583. The van der Waals surface area contributed by atoms with Crippen LogP contribution in [0.1, 0.15) is 71.3 Å². The van der Waals surface area contributed by atoms with E-state index in [1.807, 2.05) is 19.1 Å². The Balaban J connectivity index is 1.99. The van der Waals surface area contributed by atoms with Crippen molar-refractivity contribution in [3.63, 3.8) is 0 Å². The van der Waals surface area contributed by atoms with E-state index in [9.17, 15) is 9.59 Å². The number of nitrogens with zero attached hydrogens (tertiary/aromatic N) is 1. The molecule has 2 heterocycles. The Bertz CT molecular complexity index is 822. The number of carbonyl (C=O) groups excluding carboxylic acids is 2. The van der Waals surface area contributed by atoms with Crippen molar-refractivity contribution in [3.05, 3.63) is 52.6 Å². The molecule has 0 amide bonds. The Labute approximate surface area is 167 Å². The van der Waals surface area contributed by atoms with Crippen LogP contribution in [-0.4, -0.2) is 23.3 Å². The van der Waals surface area contributed by atoms with Crippen LogP contribution >= 0.6 is 0 Å². The molecule has 28 heavy (non-hydrogen) atoms. The van der Waals surface area contributed by atoms with Gasteiger partial charge < -0.3 is 10.1 Å². The fourth-order valence-electron chi connectivity index (χ4n) is 4.18. The van der Waals surface area contributed by atoms with Crippen LogP contribution in [0, 0.1) is 5.41 Å². The van der Waals surface area contributed by atoms with Crippen molar-refractivity contribution in [3.8, 4) is 0 Å². The third-order valence-electron chi connectivity index (χ3n) is 5.46. The number of nitrogens with one attached hydrogen (secondary N) is 1. The molecule has 2 aliphatic rings. The lowest BCUT2D eigenvalue weighted by molar-refractivity contribution is -0.139. The number of esters is 1. The van der Waals surface area contributed by atoms with Crippen molar-refractivity contribution < 1.29 is 14.3 Å². The molecule has 5 heteroatoms. The normalized spacial score (nSPS) is 21.3. The molecular weight excluding hydrogens is 352 g/mol. The summed E-state index contributed by atoms with van der Waals surface area (Å²) < 4.78 is 5.57. The van der Waals surface area contributed by atoms with E-state index in [1.165, 1.54) is 0 Å². The average Bonchev–Trinajstić information content (AvgIpc) is 2.63. The molecule has 150 valence electrons. The van der Waals surface area contributed by atoms with Crippen molar-refractivity contribution in [1.82, 2.24) is 10.3 Å². The molecule has 0 saturated heterocycles. The van der Waals surface area contributed by atoms with Crippen LogP contribution in [0.5, 0.6) is 0 Å². The first kappa shape index (κ1) is 20.3. The summed E-state index contributed by atoms with van der Waals surface area (Å²) in [5.41, 5.74) is 3.66. The molecule has 1 aromatic rings. The Morgan fingerprint density at radius 1 is 1.32 bits per heavy atom. The zero-order valence-corrected chi connectivity index (χ0v) is 17.3. The van der Waals surface area contributed by atoms with E-state index in [2.05, 4.69) is 31.1 Å². The maximum Gasteiger partial charge on any atom is 0.336 e. The maximum atomic E-state index is 13.1. The number of dihydropyridines is 1. The lowest BCUT2D eigenvalue weighted by atomic mass is 9.69. The topological polar surface area (TPSA) is 68.3 Å². The number of rotatable bonds is 6. The average molecular weight is 383 g/mol. The van der Waals surface area contributed by atoms with Gasteiger partial charge in [0.2, 0.25) is 0 Å². The highest BCUT2D eigenvalue weighted by atomic mass is 16.5. The highest BCUT2D eigenvalue weighted by Crippen LogP contribution is 2.46. The summed E-state index contributed by atoms with van der Waals surface area (Å²) >= 11 is 0. The van der Waals surface area contributed by atoms with Crippen molar-refractivity contribution in [2.24, 2.45) is 5.41 Å². The molecule has 1 aliphatic heterocycles. The molecule has 1 unspecified atom stereocenters. The molecule has 3 rings (SSSR count). The van der Waals surface area contributed by atoms with Crippen LogP contribution < -0.4 is 5.32 Å². The second-order valence-electron chi connectivity index (χ2n) is 8.56. The highest BCUT2D eigenvalue weighted by Gasteiger charge is 2.43. The summed E-state index contributed by atoms with van der Waals surface area (Å²) in [6.07, 6.45) is 7.64. The predicted octanol–water partition coefficient (Wildman–Crippen LogP) is 4.42. The number of ketones is 1. The monoisotopic (exact) mass is 382 g/mol. The minimum absolute atomic E-state index is 0.0939. The van der Waals surface area contributed by atoms with Crippen molar-refractivity contribution >= 4 is 11.8 Å². The lowest BCUT2D eigenvalue weighted by Crippen LogP contribution is -2.38. The van der Waals surface area contributed by atoms with Gasteiger partial charge in [-0.15, -0.1) is 0 Å². The van der Waals surface area contributed by atoms with E-state index in [4.69, 9.17) is 4.74 Å². The maximum absolute atomic E-state index is 13.1. The van der Waals surface area contributed by atoms with Crippen LogP contribution in [0.15, 0.2) is 47.1 Å². The lowest BCUT2D eigenvalue weighted by Gasteiger charge is -2.39. The Morgan fingerprint density at radius 3 is 2.79 bits per heavy atom. The Kier molecular flexibility index (Phi) is 6.01. The van der Waals surface area contributed by atoms with Gasteiger partial charge in [0, 0.05) is 41.7 Å². The summed E-state index contributed by atoms with van der Waals surface area (Å²) in [5.74, 6) is -0.678. The molecule has 0 bridgehead atoms. The fraction of sp³-hybridized carbons (Fsp3) is 0.522. The zero-order valence-electron chi connectivity index (χ0n) is 17.3. The number of pyridine rings is 1. The van der Waals surface area contributed by atoms with Crippen LogP contribution in [0.3, 0.4) is 0 Å². The largest absolute Gasteiger partial charge is 0.462 e. The van der Waals surface area contributed by atoms with Crippen LogP contribution in [0.2, 0.25) is 0 Å². The van der Waals surface area contributed by atoms with Gasteiger partial charge in [-0.05, 0) is 36.8 Å². The highest BCUT2D eigenvalue weighted by molar-refractivity contribution is 6.04. The molecule has 0 radical (unpaired) electrons. The Hall–Kier alpha value is -2.43. The first-order valence-electron chi connectivity index (χ1n) is 10.1. The molecule has 1 aliphatic carbocycles. The molecule has 0 aromatic carbocycles. The smallest absolute Gasteiger partial charge is 0.336 e. The second kappa shape index (κ2) is 8.29. The molecule has 0 saturated carbocycles. The minimum atomic E-state index is -0.424. The molecule has 1 atom stereocenters. The van der Waals surface area contributed by atoms with Gasteiger partial charge >= 0.3 is 5.97 Å². The van der Waals surface area contributed by atoms with Gasteiger partial charge in [0.1, 0.15) is 0 Å². The number of hydrogen-bond acceptors (Lipinski definition) is 5. The number of unbranched alkanes of at least 4 members (excludes halogenated alkanes) is 2. The summed E-state index contributed by atoms with van der Waals surface area (Å²) in [6.45, 7) is 8.61. The molecule has 1 aromatic heterocycles. The van der Waals surface area contributed by atoms with Crippen LogP contribution in [0.25, 0.3) is 0 Å². The minimum Gasteiger partial charge on any atom is -0.462 e. The van der Waals surface area contributed by atoms with E-state index in [1.54, 1.807) is 12.4 Å². The fourth-order valence-corrected chi connectivity index (χ4v) is 4.18. The van der Waals surface area contributed by atoms with Crippen molar-refractivity contribution in [2.45, 2.75) is 65.7 Å². The van der Waals surface area contributed by atoms with Crippen molar-refractivity contribution in [2.75, 3.05) is 6.61 Å². The molecular formula is C23H30N2O3. The first-order chi connectivity index (χ1) is 13.3. The van der Waals surface area contributed by atoms with Gasteiger partial charge in [-0.25, -0.2) is 4.79 Å². The summed E-state index contributed by atoms with van der Waals surface area (Å²) in [4.78, 5) is 30.3. The number of hydrogen-bond donors (Lipinski definition) is 1. The molecule has 5 nitrogen and oxygen atoms in total.